The summed E-state index contributed by atoms with van der Waals surface area (Å²) in [4.78, 5) is 27.1. The fourth-order valence-corrected chi connectivity index (χ4v) is 3.07. The van der Waals surface area contributed by atoms with Gasteiger partial charge in [-0.25, -0.2) is 0 Å². The largest absolute Gasteiger partial charge is 0.482 e. The Morgan fingerprint density at radius 2 is 1.76 bits per heavy atom. The van der Waals surface area contributed by atoms with Crippen LogP contribution in [0.3, 0.4) is 0 Å². The molecule has 1 N–H and O–H groups in total. The van der Waals surface area contributed by atoms with Gasteiger partial charge in [0.05, 0.1) is 5.02 Å². The second-order valence-corrected chi connectivity index (χ2v) is 7.31. The van der Waals surface area contributed by atoms with Crippen molar-refractivity contribution in [2.45, 2.75) is 45.7 Å². The summed E-state index contributed by atoms with van der Waals surface area (Å²) in [6, 6.07) is 16.0. The molecule has 0 aliphatic carbocycles. The van der Waals surface area contributed by atoms with Crippen LogP contribution >= 0.6 is 11.6 Å². The molecule has 5 nitrogen and oxygen atoms in total. The molecule has 29 heavy (non-hydrogen) atoms. The van der Waals surface area contributed by atoms with Crippen molar-refractivity contribution in [2.75, 3.05) is 13.2 Å². The fourth-order valence-electron chi connectivity index (χ4n) is 2.88. The van der Waals surface area contributed by atoms with Gasteiger partial charge < -0.3 is 15.0 Å². The molecule has 2 aromatic rings. The number of nitrogens with zero attached hydrogens (tertiary/aromatic N) is 1. The van der Waals surface area contributed by atoms with Gasteiger partial charge in [0.2, 0.25) is 5.91 Å². The number of ether oxygens (including phenoxy) is 1. The van der Waals surface area contributed by atoms with Crippen molar-refractivity contribution >= 4 is 23.4 Å². The fraction of sp³-hybridized carbons (Fsp3) is 0.391. The number of halogens is 1. The number of nitrogens with one attached hydrogen (secondary N) is 1. The van der Waals surface area contributed by atoms with Gasteiger partial charge in [-0.15, -0.1) is 0 Å². The highest BCUT2D eigenvalue weighted by molar-refractivity contribution is 6.32. The van der Waals surface area contributed by atoms with E-state index in [-0.39, 0.29) is 18.4 Å². The highest BCUT2D eigenvalue weighted by atomic mass is 35.5. The zero-order chi connectivity index (χ0) is 21.1. The number of benzene rings is 2. The van der Waals surface area contributed by atoms with Crippen molar-refractivity contribution in [3.05, 3.63) is 65.2 Å². The number of hydrogen-bond acceptors (Lipinski definition) is 3. The summed E-state index contributed by atoms with van der Waals surface area (Å²) in [6.07, 6.45) is 3.08. The first kappa shape index (κ1) is 22.8. The van der Waals surface area contributed by atoms with Gasteiger partial charge in [0.1, 0.15) is 11.8 Å². The Morgan fingerprint density at radius 3 is 2.45 bits per heavy atom. The topological polar surface area (TPSA) is 58.6 Å². The first-order valence-electron chi connectivity index (χ1n) is 10.0. The molecule has 0 saturated carbocycles. The van der Waals surface area contributed by atoms with Crippen molar-refractivity contribution in [1.82, 2.24) is 10.2 Å². The molecule has 0 heterocycles. The minimum atomic E-state index is -0.612. The summed E-state index contributed by atoms with van der Waals surface area (Å²) in [5, 5.41) is 3.37. The van der Waals surface area contributed by atoms with E-state index in [0.717, 1.165) is 24.8 Å². The molecule has 0 fully saturated rings. The van der Waals surface area contributed by atoms with Crippen molar-refractivity contribution < 1.29 is 14.3 Å². The number of unbranched alkanes of at least 4 members (excludes halogenated alkanes) is 2. The van der Waals surface area contributed by atoms with Gasteiger partial charge in [-0.3, -0.25) is 9.59 Å². The lowest BCUT2D eigenvalue weighted by molar-refractivity contribution is -0.142. The van der Waals surface area contributed by atoms with E-state index in [0.29, 0.717) is 23.9 Å². The average Bonchev–Trinajstić information content (AvgIpc) is 2.74. The van der Waals surface area contributed by atoms with Crippen LogP contribution in [0.2, 0.25) is 5.02 Å². The van der Waals surface area contributed by atoms with Crippen molar-refractivity contribution in [2.24, 2.45) is 0 Å². The average molecular weight is 417 g/mol. The summed E-state index contributed by atoms with van der Waals surface area (Å²) in [7, 11) is 0. The minimum Gasteiger partial charge on any atom is -0.482 e. The van der Waals surface area contributed by atoms with Crippen LogP contribution in [0.1, 0.15) is 38.7 Å². The van der Waals surface area contributed by atoms with Gasteiger partial charge in [0.15, 0.2) is 6.61 Å². The molecule has 1 atom stereocenters. The van der Waals surface area contributed by atoms with Gasteiger partial charge in [-0.2, -0.15) is 0 Å². The molecular formula is C23H29ClN2O3. The first-order chi connectivity index (χ1) is 14.0. The number of para-hydroxylation sites is 1. The van der Waals surface area contributed by atoms with Crippen LogP contribution in [0.4, 0.5) is 0 Å². The summed E-state index contributed by atoms with van der Waals surface area (Å²) in [5.74, 6) is 0.00644. The monoisotopic (exact) mass is 416 g/mol. The van der Waals surface area contributed by atoms with E-state index in [1.165, 1.54) is 0 Å². The predicted octanol–water partition coefficient (Wildman–Crippen LogP) is 4.44. The Labute approximate surface area is 178 Å². The summed E-state index contributed by atoms with van der Waals surface area (Å²) in [5.41, 5.74) is 0.948. The Hall–Kier alpha value is -2.53. The lowest BCUT2D eigenvalue weighted by Gasteiger charge is -2.28. The standard InChI is InChI=1S/C23H29ClN2O3/c1-3-4-10-15-25-23(28)18(2)26(16-19-11-6-5-7-12-19)22(27)17-29-21-14-9-8-13-20(21)24/h5-9,11-14,18H,3-4,10,15-17H2,1-2H3,(H,25,28)/t18-/m0/s1. The zero-order valence-corrected chi connectivity index (χ0v) is 17.8. The van der Waals surface area contributed by atoms with Crippen LogP contribution in [0.25, 0.3) is 0 Å². The van der Waals surface area contributed by atoms with E-state index in [2.05, 4.69) is 12.2 Å². The second-order valence-electron chi connectivity index (χ2n) is 6.90. The van der Waals surface area contributed by atoms with E-state index < -0.39 is 6.04 Å². The summed E-state index contributed by atoms with van der Waals surface area (Å²) >= 11 is 6.10. The van der Waals surface area contributed by atoms with Gasteiger partial charge >= 0.3 is 0 Å². The van der Waals surface area contributed by atoms with Crippen molar-refractivity contribution in [3.63, 3.8) is 0 Å². The normalized spacial score (nSPS) is 11.6. The third-order valence-electron chi connectivity index (χ3n) is 4.63. The molecule has 0 aromatic heterocycles. The first-order valence-corrected chi connectivity index (χ1v) is 10.4. The van der Waals surface area contributed by atoms with Crippen LogP contribution < -0.4 is 10.1 Å². The SMILES string of the molecule is CCCCCNC(=O)[C@H](C)N(Cc1ccccc1)C(=O)COc1ccccc1Cl. The maximum atomic E-state index is 12.9. The maximum Gasteiger partial charge on any atom is 0.261 e. The molecular weight excluding hydrogens is 388 g/mol. The van der Waals surface area contributed by atoms with Crippen LogP contribution in [-0.4, -0.2) is 35.9 Å². The lowest BCUT2D eigenvalue weighted by Crippen LogP contribution is -2.49. The third kappa shape index (κ3) is 7.42. The molecule has 2 amide bonds. The summed E-state index contributed by atoms with van der Waals surface area (Å²) < 4.78 is 5.61. The predicted molar refractivity (Wildman–Crippen MR) is 116 cm³/mol. The van der Waals surface area contributed by atoms with E-state index in [1.807, 2.05) is 30.3 Å². The molecule has 156 valence electrons. The quantitative estimate of drug-likeness (QED) is 0.551. The Bertz CT molecular complexity index is 783. The molecule has 0 bridgehead atoms. The molecule has 0 aliphatic rings. The highest BCUT2D eigenvalue weighted by Gasteiger charge is 2.26. The van der Waals surface area contributed by atoms with Crippen LogP contribution in [0.5, 0.6) is 5.75 Å². The van der Waals surface area contributed by atoms with Crippen LogP contribution in [0.15, 0.2) is 54.6 Å². The lowest BCUT2D eigenvalue weighted by atomic mass is 10.1. The second kappa shape index (κ2) is 12.1. The maximum absolute atomic E-state index is 12.9. The van der Waals surface area contributed by atoms with E-state index in [4.69, 9.17) is 16.3 Å². The highest BCUT2D eigenvalue weighted by Crippen LogP contribution is 2.23. The van der Waals surface area contributed by atoms with Gasteiger partial charge in [-0.1, -0.05) is 73.8 Å². The Morgan fingerprint density at radius 1 is 1.07 bits per heavy atom. The van der Waals surface area contributed by atoms with Gasteiger partial charge in [-0.05, 0) is 31.0 Å². The molecule has 6 heteroatoms. The molecule has 0 aliphatic heterocycles. The number of hydrogen-bond donors (Lipinski definition) is 1. The van der Waals surface area contributed by atoms with Crippen molar-refractivity contribution in [3.8, 4) is 5.75 Å². The third-order valence-corrected chi connectivity index (χ3v) is 4.94. The van der Waals surface area contributed by atoms with Crippen molar-refractivity contribution in [1.29, 1.82) is 0 Å². The molecule has 0 unspecified atom stereocenters. The van der Waals surface area contributed by atoms with E-state index >= 15 is 0 Å². The molecule has 0 spiro atoms. The van der Waals surface area contributed by atoms with E-state index in [1.54, 1.807) is 36.1 Å². The number of carbonyl (C=O) groups is 2. The smallest absolute Gasteiger partial charge is 0.261 e. The minimum absolute atomic E-state index is 0.164. The number of carbonyl (C=O) groups excluding carboxylic acids is 2. The van der Waals surface area contributed by atoms with Crippen LogP contribution in [-0.2, 0) is 16.1 Å². The van der Waals surface area contributed by atoms with Crippen LogP contribution in [0, 0.1) is 0 Å². The molecule has 2 rings (SSSR count). The summed E-state index contributed by atoms with van der Waals surface area (Å²) in [6.45, 7) is 4.61. The molecule has 2 aromatic carbocycles. The zero-order valence-electron chi connectivity index (χ0n) is 17.1. The molecule has 0 saturated heterocycles. The molecule has 0 radical (unpaired) electrons. The number of rotatable bonds is 11. The number of amides is 2. The van der Waals surface area contributed by atoms with E-state index in [9.17, 15) is 9.59 Å². The Kier molecular flexibility index (Phi) is 9.51. The van der Waals surface area contributed by atoms with Gasteiger partial charge in [0.25, 0.3) is 5.91 Å². The van der Waals surface area contributed by atoms with Gasteiger partial charge in [0, 0.05) is 13.1 Å². The Balaban J connectivity index is 2.05.